The van der Waals surface area contributed by atoms with E-state index in [-0.39, 0.29) is 18.2 Å². The molecule has 1 N–H and O–H groups in total. The average Bonchev–Trinajstić information content (AvgIpc) is 2.47. The van der Waals surface area contributed by atoms with Crippen molar-refractivity contribution in [2.75, 3.05) is 13.2 Å². The highest BCUT2D eigenvalue weighted by Crippen LogP contribution is 2.22. The van der Waals surface area contributed by atoms with Crippen molar-refractivity contribution >= 4 is 11.8 Å². The number of rotatable bonds is 0. The second-order valence-electron chi connectivity index (χ2n) is 3.25. The quantitative estimate of drug-likeness (QED) is 0.427. The van der Waals surface area contributed by atoms with Crippen molar-refractivity contribution in [2.24, 2.45) is 0 Å². The first kappa shape index (κ1) is 8.44. The van der Waals surface area contributed by atoms with Crippen molar-refractivity contribution in [3.8, 4) is 0 Å². The van der Waals surface area contributed by atoms with E-state index in [0.29, 0.717) is 18.8 Å². The van der Waals surface area contributed by atoms with Crippen LogP contribution in [0.2, 0.25) is 0 Å². The SMILES string of the molecule is O=C1CC(=C2CCOCC2)C(=O)N1. The standard InChI is InChI=1S/C9H11NO3/c11-8-5-7(9(12)10-8)6-1-3-13-4-2-6/h1-5H2,(H,10,11,12). The summed E-state index contributed by atoms with van der Waals surface area (Å²) in [4.78, 5) is 22.2. The Morgan fingerprint density at radius 2 is 1.85 bits per heavy atom. The number of hydrogen-bond acceptors (Lipinski definition) is 3. The van der Waals surface area contributed by atoms with Gasteiger partial charge in [0.1, 0.15) is 0 Å². The maximum absolute atomic E-state index is 11.3. The van der Waals surface area contributed by atoms with Gasteiger partial charge in [-0.05, 0) is 12.8 Å². The van der Waals surface area contributed by atoms with Crippen LogP contribution in [0.5, 0.6) is 0 Å². The Balaban J connectivity index is 2.21. The Morgan fingerprint density at radius 1 is 1.15 bits per heavy atom. The molecule has 0 bridgehead atoms. The number of amides is 2. The van der Waals surface area contributed by atoms with Crippen molar-refractivity contribution in [3.05, 3.63) is 11.1 Å². The number of carbonyl (C=O) groups excluding carboxylic acids is 2. The molecule has 0 radical (unpaired) electrons. The van der Waals surface area contributed by atoms with Crippen LogP contribution in [0.1, 0.15) is 19.3 Å². The van der Waals surface area contributed by atoms with Gasteiger partial charge in [0.15, 0.2) is 0 Å². The van der Waals surface area contributed by atoms with E-state index < -0.39 is 0 Å². The Morgan fingerprint density at radius 3 is 2.38 bits per heavy atom. The second kappa shape index (κ2) is 3.30. The molecule has 0 aromatic carbocycles. The van der Waals surface area contributed by atoms with Crippen LogP contribution >= 0.6 is 0 Å². The highest BCUT2D eigenvalue weighted by molar-refractivity contribution is 6.13. The molecule has 2 heterocycles. The maximum Gasteiger partial charge on any atom is 0.254 e. The van der Waals surface area contributed by atoms with E-state index in [1.165, 1.54) is 0 Å². The van der Waals surface area contributed by atoms with Crippen molar-refractivity contribution in [2.45, 2.75) is 19.3 Å². The summed E-state index contributed by atoms with van der Waals surface area (Å²) in [6, 6.07) is 0. The lowest BCUT2D eigenvalue weighted by molar-refractivity contribution is -0.124. The van der Waals surface area contributed by atoms with Crippen molar-refractivity contribution in [1.29, 1.82) is 0 Å². The molecular formula is C9H11NO3. The highest BCUT2D eigenvalue weighted by Gasteiger charge is 2.27. The lowest BCUT2D eigenvalue weighted by Gasteiger charge is -2.15. The topological polar surface area (TPSA) is 55.4 Å². The number of hydrogen-bond donors (Lipinski definition) is 1. The summed E-state index contributed by atoms with van der Waals surface area (Å²) in [5.41, 5.74) is 1.77. The van der Waals surface area contributed by atoms with Crippen molar-refractivity contribution < 1.29 is 14.3 Å². The van der Waals surface area contributed by atoms with Gasteiger partial charge in [0.05, 0.1) is 19.6 Å². The van der Waals surface area contributed by atoms with Crippen LogP contribution < -0.4 is 5.32 Å². The number of carbonyl (C=O) groups is 2. The predicted octanol–water partition coefficient (Wildman–Crippen LogP) is 0.140. The second-order valence-corrected chi connectivity index (χ2v) is 3.25. The van der Waals surface area contributed by atoms with Gasteiger partial charge >= 0.3 is 0 Å². The van der Waals surface area contributed by atoms with E-state index in [9.17, 15) is 9.59 Å². The maximum atomic E-state index is 11.3. The van der Waals surface area contributed by atoms with Crippen LogP contribution in [0, 0.1) is 0 Å². The van der Waals surface area contributed by atoms with Crippen molar-refractivity contribution in [3.63, 3.8) is 0 Å². The Labute approximate surface area is 75.9 Å². The zero-order valence-electron chi connectivity index (χ0n) is 7.26. The third-order valence-electron chi connectivity index (χ3n) is 2.39. The van der Waals surface area contributed by atoms with Gasteiger partial charge in [-0.2, -0.15) is 0 Å². The molecule has 0 aliphatic carbocycles. The third kappa shape index (κ3) is 1.62. The highest BCUT2D eigenvalue weighted by atomic mass is 16.5. The molecule has 2 rings (SSSR count). The molecular weight excluding hydrogens is 170 g/mol. The van der Waals surface area contributed by atoms with Crippen LogP contribution in [-0.2, 0) is 14.3 Å². The van der Waals surface area contributed by atoms with Gasteiger partial charge in [-0.15, -0.1) is 0 Å². The van der Waals surface area contributed by atoms with Crippen LogP contribution in [-0.4, -0.2) is 25.0 Å². The first-order valence-electron chi connectivity index (χ1n) is 4.40. The summed E-state index contributed by atoms with van der Waals surface area (Å²) >= 11 is 0. The summed E-state index contributed by atoms with van der Waals surface area (Å²) in [5, 5.41) is 2.29. The minimum atomic E-state index is -0.207. The zero-order chi connectivity index (χ0) is 9.26. The van der Waals surface area contributed by atoms with E-state index in [4.69, 9.17) is 4.74 Å². The molecule has 4 heteroatoms. The fourth-order valence-corrected chi connectivity index (χ4v) is 1.69. The molecule has 0 aromatic rings. The van der Waals surface area contributed by atoms with Crippen LogP contribution in [0.15, 0.2) is 11.1 Å². The summed E-state index contributed by atoms with van der Waals surface area (Å²) in [6.07, 6.45) is 1.83. The Bertz CT molecular complexity index is 285. The Hall–Kier alpha value is -1.16. The number of imide groups is 1. The van der Waals surface area contributed by atoms with E-state index in [1.807, 2.05) is 0 Å². The lowest BCUT2D eigenvalue weighted by Crippen LogP contribution is -2.20. The van der Waals surface area contributed by atoms with E-state index in [2.05, 4.69) is 5.32 Å². The smallest absolute Gasteiger partial charge is 0.254 e. The molecule has 13 heavy (non-hydrogen) atoms. The van der Waals surface area contributed by atoms with E-state index in [0.717, 1.165) is 18.4 Å². The average molecular weight is 181 g/mol. The lowest BCUT2D eigenvalue weighted by atomic mass is 10.00. The summed E-state index contributed by atoms with van der Waals surface area (Å²) in [5.74, 6) is -0.388. The fourth-order valence-electron chi connectivity index (χ4n) is 1.69. The summed E-state index contributed by atoms with van der Waals surface area (Å²) in [7, 11) is 0. The molecule has 2 amide bonds. The molecule has 2 fully saturated rings. The minimum absolute atomic E-state index is 0.181. The first-order chi connectivity index (χ1) is 6.27. The van der Waals surface area contributed by atoms with Gasteiger partial charge in [-0.25, -0.2) is 0 Å². The van der Waals surface area contributed by atoms with Gasteiger partial charge < -0.3 is 4.74 Å². The largest absolute Gasteiger partial charge is 0.381 e. The molecule has 0 aromatic heterocycles. The van der Waals surface area contributed by atoms with Gasteiger partial charge in [0.2, 0.25) is 5.91 Å². The molecule has 0 atom stereocenters. The van der Waals surface area contributed by atoms with Gasteiger partial charge in [0.25, 0.3) is 5.91 Å². The zero-order valence-corrected chi connectivity index (χ0v) is 7.26. The van der Waals surface area contributed by atoms with E-state index >= 15 is 0 Å². The molecule has 4 nitrogen and oxygen atoms in total. The van der Waals surface area contributed by atoms with Crippen LogP contribution in [0.25, 0.3) is 0 Å². The molecule has 2 saturated heterocycles. The Kier molecular flexibility index (Phi) is 2.14. The molecule has 0 unspecified atom stereocenters. The van der Waals surface area contributed by atoms with Crippen LogP contribution in [0.4, 0.5) is 0 Å². The van der Waals surface area contributed by atoms with Gasteiger partial charge in [-0.3, -0.25) is 14.9 Å². The van der Waals surface area contributed by atoms with Crippen molar-refractivity contribution in [1.82, 2.24) is 5.32 Å². The molecule has 2 aliphatic heterocycles. The van der Waals surface area contributed by atoms with E-state index in [1.54, 1.807) is 0 Å². The van der Waals surface area contributed by atoms with Gasteiger partial charge in [0, 0.05) is 5.57 Å². The molecule has 2 aliphatic rings. The molecule has 0 spiro atoms. The monoisotopic (exact) mass is 181 g/mol. The van der Waals surface area contributed by atoms with Crippen LogP contribution in [0.3, 0.4) is 0 Å². The number of nitrogens with one attached hydrogen (secondary N) is 1. The summed E-state index contributed by atoms with van der Waals surface area (Å²) in [6.45, 7) is 1.33. The normalized spacial score (nSPS) is 23.7. The number of ether oxygens (including phenoxy) is 1. The molecule has 70 valence electrons. The van der Waals surface area contributed by atoms with Gasteiger partial charge in [-0.1, -0.05) is 5.57 Å². The molecule has 0 saturated carbocycles. The summed E-state index contributed by atoms with van der Waals surface area (Å²) < 4.78 is 5.17. The first-order valence-corrected chi connectivity index (χ1v) is 4.40. The predicted molar refractivity (Wildman–Crippen MR) is 44.8 cm³/mol. The fraction of sp³-hybridized carbons (Fsp3) is 0.556. The third-order valence-corrected chi connectivity index (χ3v) is 2.39. The minimum Gasteiger partial charge on any atom is -0.381 e.